The highest BCUT2D eigenvalue weighted by molar-refractivity contribution is 5.56. The molecule has 7 heteroatoms. The Morgan fingerprint density at radius 3 is 2.46 bits per heavy atom. The molecule has 1 aliphatic carbocycles. The molecule has 0 spiro atoms. The summed E-state index contributed by atoms with van der Waals surface area (Å²) in [5, 5.41) is 16.7. The zero-order valence-corrected chi connectivity index (χ0v) is 21.4. The van der Waals surface area contributed by atoms with Gasteiger partial charge in [-0.25, -0.2) is 0 Å². The maximum absolute atomic E-state index is 12.4. The van der Waals surface area contributed by atoms with Crippen LogP contribution in [0, 0.1) is 10.8 Å². The molecule has 2 fully saturated rings. The molecule has 1 saturated carbocycles. The lowest BCUT2D eigenvalue weighted by atomic mass is 9.62. The van der Waals surface area contributed by atoms with Gasteiger partial charge in [0.2, 0.25) is 11.7 Å². The lowest BCUT2D eigenvalue weighted by Crippen LogP contribution is -2.63. The van der Waals surface area contributed by atoms with E-state index < -0.39 is 5.60 Å². The molecule has 1 aliphatic heterocycles. The molecule has 3 aromatic rings. The molecule has 5 rings (SSSR count). The van der Waals surface area contributed by atoms with Gasteiger partial charge in [-0.2, -0.15) is 4.98 Å². The molecular formula is C28H36N4O3. The first-order valence-corrected chi connectivity index (χ1v) is 12.5. The largest absolute Gasteiger partial charge is 0.384 e. The molecule has 0 unspecified atom stereocenters. The molecular weight excluding hydrogens is 440 g/mol. The summed E-state index contributed by atoms with van der Waals surface area (Å²) in [5.74, 6) is 1.54. The molecule has 1 saturated heterocycles. The maximum atomic E-state index is 12.4. The van der Waals surface area contributed by atoms with Gasteiger partial charge in [0.05, 0.1) is 6.61 Å². The molecule has 2 aromatic heterocycles. The van der Waals surface area contributed by atoms with E-state index in [1.54, 1.807) is 19.5 Å². The van der Waals surface area contributed by atoms with Crippen LogP contribution in [0.15, 0.2) is 47.2 Å². The van der Waals surface area contributed by atoms with Gasteiger partial charge in [-0.3, -0.25) is 4.98 Å². The van der Waals surface area contributed by atoms with Crippen molar-refractivity contribution < 1.29 is 14.4 Å². The van der Waals surface area contributed by atoms with E-state index in [2.05, 4.69) is 72.1 Å². The summed E-state index contributed by atoms with van der Waals surface area (Å²) in [7, 11) is 3.81. The number of ether oxygens (including phenoxy) is 1. The van der Waals surface area contributed by atoms with Crippen molar-refractivity contribution in [1.29, 1.82) is 0 Å². The number of pyridine rings is 1. The summed E-state index contributed by atoms with van der Waals surface area (Å²) in [6.45, 7) is 8.78. The minimum atomic E-state index is -1.21. The van der Waals surface area contributed by atoms with Crippen LogP contribution in [0.5, 0.6) is 0 Å². The molecule has 1 N–H and O–H groups in total. The van der Waals surface area contributed by atoms with Crippen molar-refractivity contribution in [2.24, 2.45) is 10.8 Å². The number of hydrogen-bond donors (Lipinski definition) is 1. The Kier molecular flexibility index (Phi) is 6.06. The number of nitrogens with zero attached hydrogens (tertiary/aromatic N) is 4. The summed E-state index contributed by atoms with van der Waals surface area (Å²) >= 11 is 0. The van der Waals surface area contributed by atoms with Crippen LogP contribution in [-0.2, 0) is 16.8 Å². The second-order valence-corrected chi connectivity index (χ2v) is 11.3. The van der Waals surface area contributed by atoms with Crippen LogP contribution < -0.4 is 0 Å². The predicted octanol–water partition coefficient (Wildman–Crippen LogP) is 4.41. The van der Waals surface area contributed by atoms with Crippen LogP contribution in [0.1, 0.15) is 62.1 Å². The molecule has 7 nitrogen and oxygen atoms in total. The summed E-state index contributed by atoms with van der Waals surface area (Å²) in [4.78, 5) is 11.4. The van der Waals surface area contributed by atoms with Crippen LogP contribution >= 0.6 is 0 Å². The smallest absolute Gasteiger partial charge is 0.227 e. The Hall–Kier alpha value is -2.61. The van der Waals surface area contributed by atoms with Gasteiger partial charge in [0.15, 0.2) is 0 Å². The molecule has 1 atom stereocenters. The fraction of sp³-hybridized carbons (Fsp3) is 0.536. The van der Waals surface area contributed by atoms with Crippen molar-refractivity contribution in [2.75, 3.05) is 33.9 Å². The second-order valence-electron chi connectivity index (χ2n) is 11.3. The lowest BCUT2D eigenvalue weighted by Gasteiger charge is -2.55. The predicted molar refractivity (Wildman–Crippen MR) is 134 cm³/mol. The second kappa shape index (κ2) is 8.80. The normalized spacial score (nSPS) is 20.4. The highest BCUT2D eigenvalue weighted by Gasteiger charge is 2.55. The van der Waals surface area contributed by atoms with E-state index in [0.29, 0.717) is 24.2 Å². The van der Waals surface area contributed by atoms with Gasteiger partial charge in [-0.05, 0) is 43.0 Å². The van der Waals surface area contributed by atoms with Crippen molar-refractivity contribution in [1.82, 2.24) is 20.0 Å². The molecule has 0 radical (unpaired) electrons. The van der Waals surface area contributed by atoms with Crippen LogP contribution in [-0.4, -0.2) is 59.0 Å². The van der Waals surface area contributed by atoms with Crippen LogP contribution in [0.3, 0.4) is 0 Å². The number of hydrogen-bond acceptors (Lipinski definition) is 7. The fourth-order valence-corrected chi connectivity index (χ4v) is 5.73. The standard InChI is InChI=1S/C28H36N4O3/c1-19(2)20-6-8-22(9-7-20)28(33,26(3)16-32(4)17-26)23-12-21(14-29-15-23)25-30-24(35-31-25)13-27(10-11-27)18-34-5/h6-9,12,14-15,19,33H,10-11,13,16-18H2,1-5H3/t28-/m0/s1. The lowest BCUT2D eigenvalue weighted by molar-refractivity contribution is -0.127. The van der Waals surface area contributed by atoms with Crippen molar-refractivity contribution in [3.05, 3.63) is 65.3 Å². The molecule has 3 heterocycles. The first-order chi connectivity index (χ1) is 16.7. The number of aliphatic hydroxyl groups is 1. The van der Waals surface area contributed by atoms with Crippen molar-refractivity contribution in [2.45, 2.75) is 51.6 Å². The van der Waals surface area contributed by atoms with E-state index >= 15 is 0 Å². The number of rotatable bonds is 9. The quantitative estimate of drug-likeness (QED) is 0.490. The Bertz CT molecular complexity index is 1180. The number of benzene rings is 1. The highest BCUT2D eigenvalue weighted by atomic mass is 16.5. The van der Waals surface area contributed by atoms with Gasteiger partial charge < -0.3 is 19.3 Å². The van der Waals surface area contributed by atoms with E-state index in [-0.39, 0.29) is 10.8 Å². The molecule has 35 heavy (non-hydrogen) atoms. The zero-order valence-electron chi connectivity index (χ0n) is 21.4. The first-order valence-electron chi connectivity index (χ1n) is 12.5. The van der Waals surface area contributed by atoms with E-state index in [1.165, 1.54) is 5.56 Å². The SMILES string of the molecule is COCC1(Cc2nc(-c3cncc([C@@](O)(c4ccc(C(C)C)cc4)C4(C)CN(C)C4)c3)no2)CC1. The van der Waals surface area contributed by atoms with Gasteiger partial charge in [0.1, 0.15) is 5.60 Å². The molecule has 0 amide bonds. The minimum Gasteiger partial charge on any atom is -0.384 e. The van der Waals surface area contributed by atoms with Gasteiger partial charge in [-0.1, -0.05) is 50.2 Å². The van der Waals surface area contributed by atoms with Gasteiger partial charge in [0, 0.05) is 61.0 Å². The van der Waals surface area contributed by atoms with Crippen LogP contribution in [0.2, 0.25) is 0 Å². The summed E-state index contributed by atoms with van der Waals surface area (Å²) < 4.78 is 11.0. The maximum Gasteiger partial charge on any atom is 0.227 e. The van der Waals surface area contributed by atoms with E-state index in [4.69, 9.17) is 9.26 Å². The van der Waals surface area contributed by atoms with Gasteiger partial charge >= 0.3 is 0 Å². The first kappa shape index (κ1) is 24.1. The van der Waals surface area contributed by atoms with Crippen molar-refractivity contribution in [3.63, 3.8) is 0 Å². The number of likely N-dealkylation sites (tertiary alicyclic amines) is 1. The molecule has 0 bridgehead atoms. The Labute approximate surface area is 207 Å². The van der Waals surface area contributed by atoms with E-state index in [1.807, 2.05) is 6.07 Å². The third kappa shape index (κ3) is 4.30. The highest BCUT2D eigenvalue weighted by Crippen LogP contribution is 2.51. The third-order valence-electron chi connectivity index (χ3n) is 7.92. The molecule has 186 valence electrons. The fourth-order valence-electron chi connectivity index (χ4n) is 5.73. The summed E-state index contributed by atoms with van der Waals surface area (Å²) in [6, 6.07) is 10.3. The Morgan fingerprint density at radius 2 is 1.86 bits per heavy atom. The number of aromatic nitrogens is 3. The average molecular weight is 477 g/mol. The summed E-state index contributed by atoms with van der Waals surface area (Å²) in [6.07, 6.45) is 6.45. The zero-order chi connectivity index (χ0) is 24.8. The van der Waals surface area contributed by atoms with E-state index in [0.717, 1.165) is 49.0 Å². The molecule has 1 aromatic carbocycles. The minimum absolute atomic E-state index is 0.131. The number of methoxy groups -OCH3 is 1. The molecule has 2 aliphatic rings. The third-order valence-corrected chi connectivity index (χ3v) is 7.92. The van der Waals surface area contributed by atoms with Crippen LogP contribution in [0.25, 0.3) is 11.4 Å². The van der Waals surface area contributed by atoms with Gasteiger partial charge in [0.25, 0.3) is 0 Å². The van der Waals surface area contributed by atoms with E-state index in [9.17, 15) is 5.11 Å². The topological polar surface area (TPSA) is 84.5 Å². The average Bonchev–Trinajstić information content (AvgIpc) is 3.42. The Balaban J connectivity index is 1.49. The van der Waals surface area contributed by atoms with Crippen molar-refractivity contribution in [3.8, 4) is 11.4 Å². The Morgan fingerprint density at radius 1 is 1.14 bits per heavy atom. The van der Waals surface area contributed by atoms with Crippen LogP contribution in [0.4, 0.5) is 0 Å². The van der Waals surface area contributed by atoms with Crippen molar-refractivity contribution >= 4 is 0 Å². The van der Waals surface area contributed by atoms with Gasteiger partial charge in [-0.15, -0.1) is 0 Å². The monoisotopic (exact) mass is 476 g/mol. The summed E-state index contributed by atoms with van der Waals surface area (Å²) in [5.41, 5.74) is 2.17.